The molecule has 0 radical (unpaired) electrons. The average molecular weight is 280 g/mol. The van der Waals surface area contributed by atoms with E-state index in [1.54, 1.807) is 24.4 Å². The Morgan fingerprint density at radius 2 is 2.00 bits per heavy atom. The Morgan fingerprint density at radius 1 is 1.17 bits per heavy atom. The van der Waals surface area contributed by atoms with Gasteiger partial charge in [0.05, 0.1) is 21.3 Å². The third-order valence-electron chi connectivity index (χ3n) is 2.51. The first-order chi connectivity index (χ1) is 8.65. The first-order valence-electron chi connectivity index (χ1n) is 5.10. The molecule has 4 nitrogen and oxygen atoms in total. The second-order valence-electron chi connectivity index (χ2n) is 3.72. The number of oxazole rings is 1. The van der Waals surface area contributed by atoms with Crippen LogP contribution in [0, 0.1) is 0 Å². The predicted octanol–water partition coefficient (Wildman–Crippen LogP) is 3.78. The van der Waals surface area contributed by atoms with Crippen LogP contribution in [0.4, 0.5) is 5.69 Å². The Balaban J connectivity index is 2.23. The fraction of sp³-hybridized carbons (Fsp3) is 0. The highest BCUT2D eigenvalue weighted by molar-refractivity contribution is 6.34. The van der Waals surface area contributed by atoms with Gasteiger partial charge in [0.15, 0.2) is 5.58 Å². The summed E-state index contributed by atoms with van der Waals surface area (Å²) in [5, 5.41) is 0.923. The van der Waals surface area contributed by atoms with Crippen molar-refractivity contribution in [2.45, 2.75) is 0 Å². The summed E-state index contributed by atoms with van der Waals surface area (Å²) in [6.07, 6.45) is 3.16. The van der Waals surface area contributed by atoms with Crippen LogP contribution in [-0.4, -0.2) is 9.97 Å². The van der Waals surface area contributed by atoms with Gasteiger partial charge >= 0.3 is 0 Å². The molecule has 2 N–H and O–H groups in total. The summed E-state index contributed by atoms with van der Waals surface area (Å²) in [5.41, 5.74) is 8.04. The number of nitrogens with zero attached hydrogens (tertiary/aromatic N) is 2. The number of aromatic nitrogens is 2. The van der Waals surface area contributed by atoms with E-state index in [2.05, 4.69) is 9.97 Å². The summed E-state index contributed by atoms with van der Waals surface area (Å²) in [5.74, 6) is 0.416. The summed E-state index contributed by atoms with van der Waals surface area (Å²) < 4.78 is 5.61. The van der Waals surface area contributed by atoms with E-state index in [1.807, 2.05) is 0 Å². The smallest absolute Gasteiger partial charge is 0.228 e. The second kappa shape index (κ2) is 4.15. The third-order valence-corrected chi connectivity index (χ3v) is 3.14. The van der Waals surface area contributed by atoms with Gasteiger partial charge in [0.1, 0.15) is 5.52 Å². The second-order valence-corrected chi connectivity index (χ2v) is 4.53. The highest BCUT2D eigenvalue weighted by Crippen LogP contribution is 2.32. The summed E-state index contributed by atoms with van der Waals surface area (Å²) in [4.78, 5) is 8.24. The lowest BCUT2D eigenvalue weighted by atomic mass is 10.3. The van der Waals surface area contributed by atoms with Gasteiger partial charge in [-0.1, -0.05) is 23.2 Å². The minimum Gasteiger partial charge on any atom is -0.436 e. The molecule has 0 unspecified atom stereocenters. The van der Waals surface area contributed by atoms with Gasteiger partial charge in [-0.3, -0.25) is 4.98 Å². The molecule has 18 heavy (non-hydrogen) atoms. The minimum atomic E-state index is 0.416. The summed E-state index contributed by atoms with van der Waals surface area (Å²) in [7, 11) is 0. The van der Waals surface area contributed by atoms with E-state index in [-0.39, 0.29) is 0 Å². The molecule has 0 aliphatic carbocycles. The Bertz CT molecular complexity index is 700. The molecule has 2 aromatic heterocycles. The maximum Gasteiger partial charge on any atom is 0.228 e. The average Bonchev–Trinajstić information content (AvgIpc) is 2.73. The SMILES string of the molecule is Nc1cc2oc(-c3ccncc3Cl)nc2cc1Cl. The van der Waals surface area contributed by atoms with E-state index in [1.165, 1.54) is 6.20 Å². The molecule has 0 saturated carbocycles. The van der Waals surface area contributed by atoms with Crippen molar-refractivity contribution in [3.05, 3.63) is 40.6 Å². The van der Waals surface area contributed by atoms with E-state index in [0.717, 1.165) is 0 Å². The lowest BCUT2D eigenvalue weighted by Gasteiger charge is -1.96. The van der Waals surface area contributed by atoms with Crippen LogP contribution in [0.1, 0.15) is 0 Å². The van der Waals surface area contributed by atoms with Crippen molar-refractivity contribution in [3.63, 3.8) is 0 Å². The third kappa shape index (κ3) is 1.79. The molecule has 1 aromatic carbocycles. The highest BCUT2D eigenvalue weighted by Gasteiger charge is 2.12. The van der Waals surface area contributed by atoms with Crippen molar-refractivity contribution in [1.29, 1.82) is 0 Å². The van der Waals surface area contributed by atoms with Crippen LogP contribution in [0.3, 0.4) is 0 Å². The molecular formula is C12H7Cl2N3O. The lowest BCUT2D eigenvalue weighted by Crippen LogP contribution is -1.84. The zero-order chi connectivity index (χ0) is 12.7. The number of nitrogen functional groups attached to an aromatic ring is 1. The van der Waals surface area contributed by atoms with Gasteiger partial charge in [-0.15, -0.1) is 0 Å². The van der Waals surface area contributed by atoms with Crippen LogP contribution in [0.25, 0.3) is 22.6 Å². The molecule has 0 saturated heterocycles. The maximum atomic E-state index is 6.04. The van der Waals surface area contributed by atoms with Crippen LogP contribution in [0.2, 0.25) is 10.0 Å². The number of rotatable bonds is 1. The summed E-state index contributed by atoms with van der Waals surface area (Å²) in [6.45, 7) is 0. The molecular weight excluding hydrogens is 273 g/mol. The summed E-state index contributed by atoms with van der Waals surface area (Å²) in [6, 6.07) is 5.04. The Kier molecular flexibility index (Phi) is 2.61. The fourth-order valence-corrected chi connectivity index (χ4v) is 1.99. The zero-order valence-electron chi connectivity index (χ0n) is 9.02. The molecule has 6 heteroatoms. The van der Waals surface area contributed by atoms with E-state index in [9.17, 15) is 0 Å². The van der Waals surface area contributed by atoms with Gasteiger partial charge < -0.3 is 10.2 Å². The molecule has 90 valence electrons. The largest absolute Gasteiger partial charge is 0.436 e. The standard InChI is InChI=1S/C12H7Cl2N3O/c13-7-3-10-11(4-9(7)15)18-12(17-10)6-1-2-16-5-8(6)14/h1-5H,15H2. The fourth-order valence-electron chi connectivity index (χ4n) is 1.63. The number of halogens is 2. The number of hydrogen-bond acceptors (Lipinski definition) is 4. The minimum absolute atomic E-state index is 0.416. The van der Waals surface area contributed by atoms with E-state index in [0.29, 0.717) is 38.3 Å². The van der Waals surface area contributed by atoms with Crippen molar-refractivity contribution < 1.29 is 4.42 Å². The van der Waals surface area contributed by atoms with Crippen molar-refractivity contribution in [2.24, 2.45) is 0 Å². The molecule has 0 aliphatic heterocycles. The number of anilines is 1. The molecule has 0 bridgehead atoms. The number of benzene rings is 1. The van der Waals surface area contributed by atoms with E-state index in [4.69, 9.17) is 33.4 Å². The Labute approximate surface area is 112 Å². The molecule has 0 spiro atoms. The van der Waals surface area contributed by atoms with Gasteiger partial charge in [0, 0.05) is 18.5 Å². The Hall–Kier alpha value is -1.78. The van der Waals surface area contributed by atoms with Gasteiger partial charge in [0.2, 0.25) is 5.89 Å². The first kappa shape index (κ1) is 11.3. The van der Waals surface area contributed by atoms with Crippen LogP contribution < -0.4 is 5.73 Å². The molecule has 0 amide bonds. The van der Waals surface area contributed by atoms with Crippen LogP contribution in [0.15, 0.2) is 35.0 Å². The first-order valence-corrected chi connectivity index (χ1v) is 5.86. The van der Waals surface area contributed by atoms with Gasteiger partial charge in [-0.25, -0.2) is 4.98 Å². The monoisotopic (exact) mass is 279 g/mol. The Morgan fingerprint density at radius 3 is 2.78 bits per heavy atom. The number of fused-ring (bicyclic) bond motifs is 1. The molecule has 3 rings (SSSR count). The lowest BCUT2D eigenvalue weighted by molar-refractivity contribution is 0.620. The molecule has 2 heterocycles. The van der Waals surface area contributed by atoms with Gasteiger partial charge in [0.25, 0.3) is 0 Å². The zero-order valence-corrected chi connectivity index (χ0v) is 10.5. The molecule has 0 fully saturated rings. The van der Waals surface area contributed by atoms with Crippen LogP contribution >= 0.6 is 23.2 Å². The summed E-state index contributed by atoms with van der Waals surface area (Å²) >= 11 is 12.0. The normalized spacial score (nSPS) is 11.0. The molecule has 0 atom stereocenters. The highest BCUT2D eigenvalue weighted by atomic mass is 35.5. The van der Waals surface area contributed by atoms with Gasteiger partial charge in [-0.2, -0.15) is 0 Å². The van der Waals surface area contributed by atoms with Crippen molar-refractivity contribution >= 4 is 40.0 Å². The number of nitrogens with two attached hydrogens (primary N) is 1. The van der Waals surface area contributed by atoms with Crippen molar-refractivity contribution in [2.75, 3.05) is 5.73 Å². The molecule has 3 aromatic rings. The maximum absolute atomic E-state index is 6.04. The predicted molar refractivity (Wildman–Crippen MR) is 71.7 cm³/mol. The number of pyridine rings is 1. The molecule has 0 aliphatic rings. The van der Waals surface area contributed by atoms with E-state index < -0.39 is 0 Å². The van der Waals surface area contributed by atoms with Crippen molar-refractivity contribution in [3.8, 4) is 11.5 Å². The van der Waals surface area contributed by atoms with Crippen molar-refractivity contribution in [1.82, 2.24) is 9.97 Å². The quantitative estimate of drug-likeness (QED) is 0.689. The van der Waals surface area contributed by atoms with Crippen LogP contribution in [-0.2, 0) is 0 Å². The van der Waals surface area contributed by atoms with Gasteiger partial charge in [-0.05, 0) is 12.1 Å². The van der Waals surface area contributed by atoms with Crippen LogP contribution in [0.5, 0.6) is 0 Å². The number of hydrogen-bond donors (Lipinski definition) is 1. The topological polar surface area (TPSA) is 64.9 Å². The van der Waals surface area contributed by atoms with E-state index >= 15 is 0 Å².